The van der Waals surface area contributed by atoms with Gasteiger partial charge in [0.2, 0.25) is 5.91 Å². The Morgan fingerprint density at radius 3 is 2.58 bits per heavy atom. The van der Waals surface area contributed by atoms with E-state index in [0.717, 1.165) is 0 Å². The molecule has 0 aromatic carbocycles. The van der Waals surface area contributed by atoms with Crippen molar-refractivity contribution in [2.75, 3.05) is 5.32 Å². The molecule has 1 rings (SSSR count). The summed E-state index contributed by atoms with van der Waals surface area (Å²) in [5.74, 6) is 0.128. The summed E-state index contributed by atoms with van der Waals surface area (Å²) in [4.78, 5) is 26.1. The average molecular weight is 266 g/mol. The van der Waals surface area contributed by atoms with Crippen LogP contribution in [0.2, 0.25) is 0 Å². The molecular weight excluding hydrogens is 248 g/mol. The quantitative estimate of drug-likeness (QED) is 0.623. The number of nitrogens with one attached hydrogen (secondary N) is 2. The van der Waals surface area contributed by atoms with Gasteiger partial charge in [0.25, 0.3) is 5.69 Å². The summed E-state index contributed by atoms with van der Waals surface area (Å²) >= 11 is 0. The van der Waals surface area contributed by atoms with Crippen molar-refractivity contribution in [1.82, 2.24) is 10.3 Å². The molecule has 19 heavy (non-hydrogen) atoms. The molecule has 0 aliphatic carbocycles. The molecule has 0 spiro atoms. The smallest absolute Gasteiger partial charge is 0.277 e. The van der Waals surface area contributed by atoms with E-state index in [2.05, 4.69) is 15.6 Å². The molecule has 1 unspecified atom stereocenters. The van der Waals surface area contributed by atoms with Crippen LogP contribution in [0.15, 0.2) is 12.3 Å². The molecule has 1 aromatic rings. The summed E-state index contributed by atoms with van der Waals surface area (Å²) in [6.45, 7) is 7.01. The van der Waals surface area contributed by atoms with Crippen LogP contribution in [0.1, 0.15) is 26.3 Å². The number of carbonyl (C=O) groups excluding carboxylic acids is 1. The zero-order valence-electron chi connectivity index (χ0n) is 11.4. The van der Waals surface area contributed by atoms with E-state index in [4.69, 9.17) is 0 Å². The van der Waals surface area contributed by atoms with Crippen LogP contribution in [-0.2, 0) is 4.79 Å². The molecule has 1 atom stereocenters. The van der Waals surface area contributed by atoms with Crippen LogP contribution in [0.25, 0.3) is 0 Å². The van der Waals surface area contributed by atoms with Crippen molar-refractivity contribution in [1.29, 1.82) is 0 Å². The molecular formula is C12H18N4O3. The fraction of sp³-hybridized carbons (Fsp3) is 0.500. The molecule has 0 saturated heterocycles. The summed E-state index contributed by atoms with van der Waals surface area (Å²) in [7, 11) is 0. The molecule has 0 aliphatic rings. The number of aryl methyl sites for hydroxylation is 1. The van der Waals surface area contributed by atoms with Gasteiger partial charge in [-0.3, -0.25) is 14.9 Å². The maximum Gasteiger partial charge on any atom is 0.277 e. The Bertz CT molecular complexity index is 488. The van der Waals surface area contributed by atoms with Gasteiger partial charge in [0.15, 0.2) is 0 Å². The number of carbonyl (C=O) groups is 1. The van der Waals surface area contributed by atoms with Crippen molar-refractivity contribution in [3.8, 4) is 0 Å². The van der Waals surface area contributed by atoms with Gasteiger partial charge in [0, 0.05) is 17.8 Å². The molecule has 0 aliphatic heterocycles. The highest BCUT2D eigenvalue weighted by molar-refractivity contribution is 5.84. The second-order valence-electron chi connectivity index (χ2n) is 4.64. The maximum atomic E-state index is 11.7. The van der Waals surface area contributed by atoms with E-state index in [-0.39, 0.29) is 17.6 Å². The van der Waals surface area contributed by atoms with Gasteiger partial charge in [0.1, 0.15) is 11.9 Å². The number of amides is 1. The minimum atomic E-state index is -0.516. The van der Waals surface area contributed by atoms with Crippen LogP contribution in [0.5, 0.6) is 0 Å². The Morgan fingerprint density at radius 1 is 1.42 bits per heavy atom. The Kier molecular flexibility index (Phi) is 4.80. The zero-order chi connectivity index (χ0) is 14.6. The molecule has 0 fully saturated rings. The first kappa shape index (κ1) is 14.9. The first-order chi connectivity index (χ1) is 8.81. The third-order valence-corrected chi connectivity index (χ3v) is 2.46. The first-order valence-corrected chi connectivity index (χ1v) is 5.99. The number of nitro groups is 1. The number of hydrogen-bond acceptors (Lipinski definition) is 5. The van der Waals surface area contributed by atoms with Crippen molar-refractivity contribution in [2.45, 2.75) is 39.8 Å². The summed E-state index contributed by atoms with van der Waals surface area (Å²) in [6, 6.07) is 0.850. The fourth-order valence-electron chi connectivity index (χ4n) is 1.49. The highest BCUT2D eigenvalue weighted by Gasteiger charge is 2.17. The van der Waals surface area contributed by atoms with Gasteiger partial charge in [-0.25, -0.2) is 4.98 Å². The Labute approximate surface area is 111 Å². The molecule has 104 valence electrons. The van der Waals surface area contributed by atoms with Crippen LogP contribution in [0, 0.1) is 17.0 Å². The second-order valence-corrected chi connectivity index (χ2v) is 4.64. The zero-order valence-corrected chi connectivity index (χ0v) is 11.4. The van der Waals surface area contributed by atoms with E-state index in [0.29, 0.717) is 11.4 Å². The summed E-state index contributed by atoms with van der Waals surface area (Å²) in [5, 5.41) is 16.4. The third kappa shape index (κ3) is 4.20. The molecule has 0 saturated carbocycles. The number of rotatable bonds is 5. The molecule has 1 heterocycles. The van der Waals surface area contributed by atoms with Gasteiger partial charge in [-0.1, -0.05) is 0 Å². The number of hydrogen-bond donors (Lipinski definition) is 2. The van der Waals surface area contributed by atoms with Crippen molar-refractivity contribution in [3.63, 3.8) is 0 Å². The molecule has 0 bridgehead atoms. The predicted molar refractivity (Wildman–Crippen MR) is 72.0 cm³/mol. The SMILES string of the molecule is Cc1cnc(NC(C)C(=O)NC(C)C)cc1[N+](=O)[O-]. The number of aromatic nitrogens is 1. The van der Waals surface area contributed by atoms with Crippen molar-refractivity contribution in [3.05, 3.63) is 27.9 Å². The van der Waals surface area contributed by atoms with Gasteiger partial charge < -0.3 is 10.6 Å². The molecule has 1 amide bonds. The predicted octanol–water partition coefficient (Wildman–Crippen LogP) is 1.62. The molecule has 2 N–H and O–H groups in total. The van der Waals surface area contributed by atoms with Gasteiger partial charge in [-0.05, 0) is 27.7 Å². The Morgan fingerprint density at radius 2 is 2.05 bits per heavy atom. The Hall–Kier alpha value is -2.18. The van der Waals surface area contributed by atoms with Gasteiger partial charge in [0.05, 0.1) is 11.0 Å². The molecule has 0 radical (unpaired) electrons. The highest BCUT2D eigenvalue weighted by Crippen LogP contribution is 2.20. The monoisotopic (exact) mass is 266 g/mol. The van der Waals surface area contributed by atoms with E-state index < -0.39 is 11.0 Å². The van der Waals surface area contributed by atoms with Gasteiger partial charge >= 0.3 is 0 Å². The number of anilines is 1. The molecule has 7 heteroatoms. The standard InChI is InChI=1S/C12H18N4O3/c1-7(2)14-12(17)9(4)15-11-5-10(16(18)19)8(3)6-13-11/h5-7,9H,1-4H3,(H,13,15)(H,14,17). The van der Waals surface area contributed by atoms with Crippen molar-refractivity contribution < 1.29 is 9.72 Å². The minimum absolute atomic E-state index is 0.0195. The summed E-state index contributed by atoms with van der Waals surface area (Å²) in [6.07, 6.45) is 1.41. The normalized spacial score (nSPS) is 12.1. The van der Waals surface area contributed by atoms with Crippen LogP contribution in [0.3, 0.4) is 0 Å². The van der Waals surface area contributed by atoms with Crippen LogP contribution < -0.4 is 10.6 Å². The average Bonchev–Trinajstić information content (AvgIpc) is 2.30. The van der Waals surface area contributed by atoms with Crippen LogP contribution >= 0.6 is 0 Å². The van der Waals surface area contributed by atoms with Crippen molar-refractivity contribution in [2.24, 2.45) is 0 Å². The summed E-state index contributed by atoms with van der Waals surface area (Å²) in [5.41, 5.74) is 0.462. The lowest BCUT2D eigenvalue weighted by Gasteiger charge is -2.16. The lowest BCUT2D eigenvalue weighted by atomic mass is 10.2. The number of pyridine rings is 1. The van der Waals surface area contributed by atoms with E-state index >= 15 is 0 Å². The van der Waals surface area contributed by atoms with Gasteiger partial charge in [-0.15, -0.1) is 0 Å². The lowest BCUT2D eigenvalue weighted by Crippen LogP contribution is -2.41. The van der Waals surface area contributed by atoms with E-state index in [9.17, 15) is 14.9 Å². The summed E-state index contributed by atoms with van der Waals surface area (Å²) < 4.78 is 0. The molecule has 7 nitrogen and oxygen atoms in total. The molecule has 1 aromatic heterocycles. The van der Waals surface area contributed by atoms with E-state index in [1.54, 1.807) is 13.8 Å². The van der Waals surface area contributed by atoms with Crippen LogP contribution in [-0.4, -0.2) is 27.9 Å². The van der Waals surface area contributed by atoms with E-state index in [1.807, 2.05) is 13.8 Å². The highest BCUT2D eigenvalue weighted by atomic mass is 16.6. The van der Waals surface area contributed by atoms with Crippen LogP contribution in [0.4, 0.5) is 11.5 Å². The lowest BCUT2D eigenvalue weighted by molar-refractivity contribution is -0.385. The number of nitrogens with zero attached hydrogens (tertiary/aromatic N) is 2. The maximum absolute atomic E-state index is 11.7. The van der Waals surface area contributed by atoms with Gasteiger partial charge in [-0.2, -0.15) is 0 Å². The van der Waals surface area contributed by atoms with E-state index in [1.165, 1.54) is 12.3 Å². The topological polar surface area (TPSA) is 97.2 Å². The minimum Gasteiger partial charge on any atom is -0.358 e. The second kappa shape index (κ2) is 6.12. The largest absolute Gasteiger partial charge is 0.358 e. The Balaban J connectivity index is 2.80. The van der Waals surface area contributed by atoms with Crippen molar-refractivity contribution >= 4 is 17.4 Å². The fourth-order valence-corrected chi connectivity index (χ4v) is 1.49. The third-order valence-electron chi connectivity index (χ3n) is 2.46. The first-order valence-electron chi connectivity index (χ1n) is 5.99.